The molecule has 4 rings (SSSR count). The smallest absolute Gasteiger partial charge is 0.122 e. The number of piperidine rings is 1. The molecule has 0 radical (unpaired) electrons. The van der Waals surface area contributed by atoms with Gasteiger partial charge in [-0.05, 0) is 61.9 Å². The normalized spacial score (nSPS) is 24.9. The van der Waals surface area contributed by atoms with Crippen LogP contribution in [0.4, 0.5) is 0 Å². The number of hydrogen-bond acceptors (Lipinski definition) is 3. The first-order chi connectivity index (χ1) is 10.4. The van der Waals surface area contributed by atoms with E-state index in [9.17, 15) is 0 Å². The standard InChI is InChI=1S/C18H26N2O/c1-2-15(11-19-8-1)13-20(17-4-5-17)12-14-3-6-18-16(10-14)7-9-21-18/h3,6,10,15,17,19H,1-2,4-5,7-9,11-13H2. The molecule has 2 heterocycles. The number of nitrogens with one attached hydrogen (secondary N) is 1. The van der Waals surface area contributed by atoms with E-state index in [0.29, 0.717) is 0 Å². The first-order valence-corrected chi connectivity index (χ1v) is 8.58. The third-order valence-corrected chi connectivity index (χ3v) is 5.09. The molecule has 3 aliphatic rings. The van der Waals surface area contributed by atoms with E-state index >= 15 is 0 Å². The lowest BCUT2D eigenvalue weighted by Gasteiger charge is -2.30. The summed E-state index contributed by atoms with van der Waals surface area (Å²) in [6.07, 6.45) is 6.62. The van der Waals surface area contributed by atoms with Gasteiger partial charge in [0.2, 0.25) is 0 Å². The highest BCUT2D eigenvalue weighted by molar-refractivity contribution is 5.39. The van der Waals surface area contributed by atoms with Crippen LogP contribution in [0.15, 0.2) is 18.2 Å². The number of rotatable bonds is 5. The van der Waals surface area contributed by atoms with E-state index in [1.165, 1.54) is 56.4 Å². The van der Waals surface area contributed by atoms with Crippen LogP contribution in [0.25, 0.3) is 0 Å². The molecule has 2 aliphatic heterocycles. The quantitative estimate of drug-likeness (QED) is 0.900. The molecule has 21 heavy (non-hydrogen) atoms. The Kier molecular flexibility index (Phi) is 3.87. The van der Waals surface area contributed by atoms with E-state index < -0.39 is 0 Å². The average molecular weight is 286 g/mol. The average Bonchev–Trinajstić information content (AvgIpc) is 3.26. The molecule has 1 unspecified atom stereocenters. The Morgan fingerprint density at radius 2 is 2.19 bits per heavy atom. The maximum Gasteiger partial charge on any atom is 0.122 e. The molecule has 1 N–H and O–H groups in total. The Balaban J connectivity index is 1.42. The molecule has 1 aromatic carbocycles. The van der Waals surface area contributed by atoms with Crippen LogP contribution in [-0.4, -0.2) is 37.2 Å². The largest absolute Gasteiger partial charge is 0.493 e. The van der Waals surface area contributed by atoms with Crippen molar-refractivity contribution in [2.75, 3.05) is 26.2 Å². The van der Waals surface area contributed by atoms with Crippen LogP contribution >= 0.6 is 0 Å². The van der Waals surface area contributed by atoms with Gasteiger partial charge in [-0.25, -0.2) is 0 Å². The van der Waals surface area contributed by atoms with E-state index in [1.807, 2.05) is 0 Å². The maximum atomic E-state index is 5.62. The first-order valence-electron chi connectivity index (χ1n) is 8.58. The lowest BCUT2D eigenvalue weighted by atomic mass is 9.98. The molecular weight excluding hydrogens is 260 g/mol. The number of nitrogens with zero attached hydrogens (tertiary/aromatic N) is 1. The van der Waals surface area contributed by atoms with Gasteiger partial charge >= 0.3 is 0 Å². The minimum atomic E-state index is 0.844. The molecule has 1 aliphatic carbocycles. The summed E-state index contributed by atoms with van der Waals surface area (Å²) in [6, 6.07) is 7.65. The van der Waals surface area contributed by atoms with E-state index in [-0.39, 0.29) is 0 Å². The monoisotopic (exact) mass is 286 g/mol. The Labute approximate surface area is 127 Å². The molecule has 3 nitrogen and oxygen atoms in total. The number of benzene rings is 1. The number of fused-ring (bicyclic) bond motifs is 1. The Morgan fingerprint density at radius 3 is 3.00 bits per heavy atom. The summed E-state index contributed by atoms with van der Waals surface area (Å²) >= 11 is 0. The zero-order chi connectivity index (χ0) is 14.1. The lowest BCUT2D eigenvalue weighted by Crippen LogP contribution is -2.39. The molecule has 1 saturated carbocycles. The molecule has 114 valence electrons. The van der Waals surface area contributed by atoms with Crippen LogP contribution in [0.3, 0.4) is 0 Å². The Bertz CT molecular complexity index is 492. The minimum absolute atomic E-state index is 0.844. The second-order valence-corrected chi connectivity index (χ2v) is 6.91. The van der Waals surface area contributed by atoms with Crippen LogP contribution in [0.1, 0.15) is 36.8 Å². The zero-order valence-corrected chi connectivity index (χ0v) is 12.8. The second kappa shape index (κ2) is 5.98. The summed E-state index contributed by atoms with van der Waals surface area (Å²) < 4.78 is 5.62. The zero-order valence-electron chi connectivity index (χ0n) is 12.8. The van der Waals surface area contributed by atoms with Crippen LogP contribution in [0.5, 0.6) is 5.75 Å². The maximum absolute atomic E-state index is 5.62. The third kappa shape index (κ3) is 3.24. The van der Waals surface area contributed by atoms with Crippen molar-refractivity contribution in [1.29, 1.82) is 0 Å². The molecule has 0 aromatic heterocycles. The van der Waals surface area contributed by atoms with Crippen molar-refractivity contribution in [1.82, 2.24) is 10.2 Å². The summed E-state index contributed by atoms with van der Waals surface area (Å²) in [6.45, 7) is 5.67. The van der Waals surface area contributed by atoms with Crippen molar-refractivity contribution in [3.05, 3.63) is 29.3 Å². The van der Waals surface area contributed by atoms with Gasteiger partial charge < -0.3 is 10.1 Å². The summed E-state index contributed by atoms with van der Waals surface area (Å²) in [4.78, 5) is 2.73. The van der Waals surface area contributed by atoms with Crippen molar-refractivity contribution in [2.45, 2.75) is 44.7 Å². The number of ether oxygens (including phenoxy) is 1. The van der Waals surface area contributed by atoms with Crippen molar-refractivity contribution in [2.24, 2.45) is 5.92 Å². The topological polar surface area (TPSA) is 24.5 Å². The predicted molar refractivity (Wildman–Crippen MR) is 84.7 cm³/mol. The fourth-order valence-corrected chi connectivity index (χ4v) is 3.77. The summed E-state index contributed by atoms with van der Waals surface area (Å²) in [7, 11) is 0. The van der Waals surface area contributed by atoms with Crippen molar-refractivity contribution in [3.8, 4) is 5.75 Å². The summed E-state index contributed by atoms with van der Waals surface area (Å²) in [5, 5.41) is 3.55. The molecule has 3 heteroatoms. The highest BCUT2D eigenvalue weighted by Crippen LogP contribution is 2.31. The Hall–Kier alpha value is -1.06. The van der Waals surface area contributed by atoms with Crippen LogP contribution in [0.2, 0.25) is 0 Å². The molecule has 1 atom stereocenters. The highest BCUT2D eigenvalue weighted by atomic mass is 16.5. The van der Waals surface area contributed by atoms with Crippen molar-refractivity contribution in [3.63, 3.8) is 0 Å². The highest BCUT2D eigenvalue weighted by Gasteiger charge is 2.31. The van der Waals surface area contributed by atoms with Crippen LogP contribution in [0, 0.1) is 5.92 Å². The molecular formula is C18H26N2O. The van der Waals surface area contributed by atoms with Crippen LogP contribution < -0.4 is 10.1 Å². The van der Waals surface area contributed by atoms with E-state index in [4.69, 9.17) is 4.74 Å². The van der Waals surface area contributed by atoms with Gasteiger partial charge in [-0.2, -0.15) is 0 Å². The molecule has 1 saturated heterocycles. The lowest BCUT2D eigenvalue weighted by molar-refractivity contribution is 0.192. The molecule has 1 aromatic rings. The molecule has 2 fully saturated rings. The van der Waals surface area contributed by atoms with Crippen molar-refractivity contribution < 1.29 is 4.74 Å². The summed E-state index contributed by atoms with van der Waals surface area (Å²) in [5.74, 6) is 1.95. The van der Waals surface area contributed by atoms with Gasteiger partial charge in [0.25, 0.3) is 0 Å². The van der Waals surface area contributed by atoms with Gasteiger partial charge in [0.15, 0.2) is 0 Å². The van der Waals surface area contributed by atoms with E-state index in [2.05, 4.69) is 28.4 Å². The first kappa shape index (κ1) is 13.6. The molecule has 0 spiro atoms. The van der Waals surface area contributed by atoms with Gasteiger partial charge in [0.05, 0.1) is 6.61 Å². The molecule has 0 amide bonds. The third-order valence-electron chi connectivity index (χ3n) is 5.09. The fourth-order valence-electron chi connectivity index (χ4n) is 3.77. The second-order valence-electron chi connectivity index (χ2n) is 6.91. The SMILES string of the molecule is c1cc2c(cc1CN(CC1CCCNC1)C1CC1)CCO2. The van der Waals surface area contributed by atoms with E-state index in [0.717, 1.165) is 37.3 Å². The van der Waals surface area contributed by atoms with Gasteiger partial charge in [0.1, 0.15) is 5.75 Å². The van der Waals surface area contributed by atoms with Gasteiger partial charge in [-0.15, -0.1) is 0 Å². The van der Waals surface area contributed by atoms with Crippen molar-refractivity contribution >= 4 is 0 Å². The van der Waals surface area contributed by atoms with Gasteiger partial charge in [-0.1, -0.05) is 12.1 Å². The fraction of sp³-hybridized carbons (Fsp3) is 0.667. The minimum Gasteiger partial charge on any atom is -0.493 e. The Morgan fingerprint density at radius 1 is 1.24 bits per heavy atom. The number of hydrogen-bond donors (Lipinski definition) is 1. The van der Waals surface area contributed by atoms with Crippen LogP contribution in [-0.2, 0) is 13.0 Å². The van der Waals surface area contributed by atoms with E-state index in [1.54, 1.807) is 0 Å². The predicted octanol–water partition coefficient (Wildman–Crippen LogP) is 2.59. The molecule has 0 bridgehead atoms. The van der Waals surface area contributed by atoms with Gasteiger partial charge in [0, 0.05) is 25.6 Å². The summed E-state index contributed by atoms with van der Waals surface area (Å²) in [5.41, 5.74) is 2.87. The van der Waals surface area contributed by atoms with Gasteiger partial charge in [-0.3, -0.25) is 4.90 Å².